The van der Waals surface area contributed by atoms with Crippen molar-refractivity contribution in [2.45, 2.75) is 118 Å². The Hall–Kier alpha value is -0.340. The largest absolute Gasteiger partial charge is 0.393 e. The van der Waals surface area contributed by atoms with Gasteiger partial charge in [0.2, 0.25) is 0 Å². The van der Waals surface area contributed by atoms with Crippen LogP contribution < -0.4 is 0 Å². The SMILES string of the molecule is CC[C@H](CC[C@@H](C)[C@H]1CC[C@H]2[C@H]3[C@H](O)C=C4C[C@@H](O)CC[C@]4(C)[C@H]3CC[C@]12C)C(C)C. The number of aliphatic hydroxyl groups is 2. The van der Waals surface area contributed by atoms with E-state index in [0.717, 1.165) is 42.9 Å². The molecule has 0 aromatic rings. The van der Waals surface area contributed by atoms with E-state index in [9.17, 15) is 10.2 Å². The molecule has 0 amide bonds. The zero-order chi connectivity index (χ0) is 22.6. The van der Waals surface area contributed by atoms with Gasteiger partial charge in [-0.05, 0) is 104 Å². The van der Waals surface area contributed by atoms with Crippen molar-refractivity contribution in [3.05, 3.63) is 11.6 Å². The van der Waals surface area contributed by atoms with Crippen LogP contribution in [-0.4, -0.2) is 22.4 Å². The van der Waals surface area contributed by atoms with Gasteiger partial charge in [0.05, 0.1) is 12.2 Å². The van der Waals surface area contributed by atoms with E-state index < -0.39 is 0 Å². The fraction of sp³-hybridized carbons (Fsp3) is 0.931. The number of aliphatic hydroxyl groups excluding tert-OH is 2. The molecule has 3 fully saturated rings. The molecule has 0 unspecified atom stereocenters. The zero-order valence-electron chi connectivity index (χ0n) is 21.2. The molecule has 178 valence electrons. The second-order valence-electron chi connectivity index (χ2n) is 13.0. The summed E-state index contributed by atoms with van der Waals surface area (Å²) >= 11 is 0. The maximum atomic E-state index is 11.3. The van der Waals surface area contributed by atoms with Crippen LogP contribution in [0.5, 0.6) is 0 Å². The topological polar surface area (TPSA) is 40.5 Å². The first-order chi connectivity index (χ1) is 14.6. The van der Waals surface area contributed by atoms with Gasteiger partial charge in [0, 0.05) is 0 Å². The molecule has 0 saturated heterocycles. The van der Waals surface area contributed by atoms with Crippen molar-refractivity contribution in [1.29, 1.82) is 0 Å². The van der Waals surface area contributed by atoms with E-state index in [1.807, 2.05) is 0 Å². The second kappa shape index (κ2) is 8.79. The molecule has 0 aromatic heterocycles. The van der Waals surface area contributed by atoms with Crippen molar-refractivity contribution in [3.63, 3.8) is 0 Å². The molecular weight excluding hydrogens is 380 g/mol. The summed E-state index contributed by atoms with van der Waals surface area (Å²) in [5.41, 5.74) is 1.97. The lowest BCUT2D eigenvalue weighted by atomic mass is 9.46. The molecule has 2 N–H and O–H groups in total. The summed E-state index contributed by atoms with van der Waals surface area (Å²) in [7, 11) is 0. The Morgan fingerprint density at radius 2 is 1.71 bits per heavy atom. The first-order valence-corrected chi connectivity index (χ1v) is 13.7. The van der Waals surface area contributed by atoms with Gasteiger partial charge in [0.15, 0.2) is 0 Å². The van der Waals surface area contributed by atoms with Gasteiger partial charge in [-0.3, -0.25) is 0 Å². The molecule has 0 aromatic carbocycles. The van der Waals surface area contributed by atoms with Crippen LogP contribution in [0.15, 0.2) is 11.6 Å². The minimum absolute atomic E-state index is 0.202. The highest BCUT2D eigenvalue weighted by Gasteiger charge is 2.61. The number of hydrogen-bond donors (Lipinski definition) is 2. The van der Waals surface area contributed by atoms with E-state index in [1.165, 1.54) is 50.5 Å². The van der Waals surface area contributed by atoms with Crippen molar-refractivity contribution in [2.75, 3.05) is 0 Å². The van der Waals surface area contributed by atoms with Crippen LogP contribution in [0.3, 0.4) is 0 Å². The Kier molecular flexibility index (Phi) is 6.75. The van der Waals surface area contributed by atoms with E-state index in [0.29, 0.717) is 23.2 Å². The van der Waals surface area contributed by atoms with Crippen molar-refractivity contribution < 1.29 is 10.2 Å². The standard InChI is InChI=1S/C29H50O2/c1-7-20(18(2)3)9-8-19(4)23-10-11-24-27-25(13-15-29(23,24)6)28(5)14-12-22(30)16-21(28)17-26(27)31/h17-20,22-27,30-31H,7-16H2,1-6H3/t19-,20-,22+,23-,24+,25+,26-,27-,28+,29-/m1/s1. The number of hydrogen-bond acceptors (Lipinski definition) is 2. The third-order valence-corrected chi connectivity index (χ3v) is 11.3. The predicted molar refractivity (Wildman–Crippen MR) is 130 cm³/mol. The van der Waals surface area contributed by atoms with E-state index in [1.54, 1.807) is 0 Å². The van der Waals surface area contributed by atoms with Crippen molar-refractivity contribution in [2.24, 2.45) is 52.3 Å². The predicted octanol–water partition coefficient (Wildman–Crippen LogP) is 7.00. The van der Waals surface area contributed by atoms with Gasteiger partial charge in [-0.1, -0.05) is 66.0 Å². The Morgan fingerprint density at radius 1 is 0.968 bits per heavy atom. The number of rotatable bonds is 6. The molecule has 31 heavy (non-hydrogen) atoms. The molecule has 0 bridgehead atoms. The average molecular weight is 431 g/mol. The average Bonchev–Trinajstić information content (AvgIpc) is 3.06. The highest BCUT2D eigenvalue weighted by Crippen LogP contribution is 2.67. The first kappa shape index (κ1) is 23.8. The third-order valence-electron chi connectivity index (χ3n) is 11.3. The normalized spacial score (nSPS) is 46.7. The molecule has 0 heterocycles. The number of fused-ring (bicyclic) bond motifs is 5. The summed E-state index contributed by atoms with van der Waals surface area (Å²) in [4.78, 5) is 0. The van der Waals surface area contributed by atoms with E-state index in [4.69, 9.17) is 0 Å². The van der Waals surface area contributed by atoms with E-state index in [-0.39, 0.29) is 17.6 Å². The molecule has 0 radical (unpaired) electrons. The molecule has 2 nitrogen and oxygen atoms in total. The molecule has 2 heteroatoms. The van der Waals surface area contributed by atoms with Crippen LogP contribution in [-0.2, 0) is 0 Å². The van der Waals surface area contributed by atoms with Crippen LogP contribution in [0, 0.1) is 52.3 Å². The van der Waals surface area contributed by atoms with Crippen LogP contribution in [0.1, 0.15) is 106 Å². The van der Waals surface area contributed by atoms with Gasteiger partial charge in [-0.2, -0.15) is 0 Å². The van der Waals surface area contributed by atoms with Gasteiger partial charge in [-0.15, -0.1) is 0 Å². The van der Waals surface area contributed by atoms with Gasteiger partial charge < -0.3 is 10.2 Å². The van der Waals surface area contributed by atoms with Gasteiger partial charge in [0.25, 0.3) is 0 Å². The van der Waals surface area contributed by atoms with Crippen LogP contribution in [0.2, 0.25) is 0 Å². The van der Waals surface area contributed by atoms with Crippen LogP contribution in [0.4, 0.5) is 0 Å². The summed E-state index contributed by atoms with van der Waals surface area (Å²) in [6.45, 7) is 14.7. The fourth-order valence-electron chi connectivity index (χ4n) is 9.29. The molecule has 10 atom stereocenters. The van der Waals surface area contributed by atoms with Gasteiger partial charge in [0.1, 0.15) is 0 Å². The highest BCUT2D eigenvalue weighted by molar-refractivity contribution is 5.27. The lowest BCUT2D eigenvalue weighted by molar-refractivity contribution is -0.0972. The Bertz CT molecular complexity index is 668. The van der Waals surface area contributed by atoms with Crippen molar-refractivity contribution >= 4 is 0 Å². The highest BCUT2D eigenvalue weighted by atomic mass is 16.3. The molecule has 3 saturated carbocycles. The Balaban J connectivity index is 1.52. The Labute approximate surface area is 192 Å². The lowest BCUT2D eigenvalue weighted by Gasteiger charge is -2.59. The second-order valence-corrected chi connectivity index (χ2v) is 13.0. The van der Waals surface area contributed by atoms with Crippen molar-refractivity contribution in [3.8, 4) is 0 Å². The van der Waals surface area contributed by atoms with E-state index in [2.05, 4.69) is 47.6 Å². The van der Waals surface area contributed by atoms with Crippen LogP contribution >= 0.6 is 0 Å². The molecule has 4 rings (SSSR count). The van der Waals surface area contributed by atoms with Crippen molar-refractivity contribution in [1.82, 2.24) is 0 Å². The lowest BCUT2D eigenvalue weighted by Crippen LogP contribution is -2.54. The first-order valence-electron chi connectivity index (χ1n) is 13.7. The molecule has 4 aliphatic carbocycles. The molecule has 4 aliphatic rings. The summed E-state index contributed by atoms with van der Waals surface area (Å²) in [6.07, 6.45) is 13.9. The minimum Gasteiger partial charge on any atom is -0.393 e. The molecule has 0 spiro atoms. The molecule has 0 aliphatic heterocycles. The summed E-state index contributed by atoms with van der Waals surface area (Å²) in [5, 5.41) is 21.6. The maximum absolute atomic E-state index is 11.3. The Morgan fingerprint density at radius 3 is 2.39 bits per heavy atom. The summed E-state index contributed by atoms with van der Waals surface area (Å²) < 4.78 is 0. The summed E-state index contributed by atoms with van der Waals surface area (Å²) in [5.74, 6) is 4.99. The fourth-order valence-corrected chi connectivity index (χ4v) is 9.29. The van der Waals surface area contributed by atoms with Gasteiger partial charge in [-0.25, -0.2) is 0 Å². The zero-order valence-corrected chi connectivity index (χ0v) is 21.2. The van der Waals surface area contributed by atoms with Gasteiger partial charge >= 0.3 is 0 Å². The third kappa shape index (κ3) is 3.96. The van der Waals surface area contributed by atoms with E-state index >= 15 is 0 Å². The quantitative estimate of drug-likeness (QED) is 0.446. The smallest absolute Gasteiger partial charge is 0.0757 e. The minimum atomic E-state index is -0.303. The monoisotopic (exact) mass is 430 g/mol. The summed E-state index contributed by atoms with van der Waals surface area (Å²) in [6, 6.07) is 0. The van der Waals surface area contributed by atoms with Crippen LogP contribution in [0.25, 0.3) is 0 Å². The molecular formula is C29H50O2. The maximum Gasteiger partial charge on any atom is 0.0757 e.